The summed E-state index contributed by atoms with van der Waals surface area (Å²) in [6.07, 6.45) is 3.17. The van der Waals surface area contributed by atoms with Gasteiger partial charge in [-0.2, -0.15) is 0 Å². The number of imide groups is 1. The monoisotopic (exact) mass is 522 g/mol. The molecule has 34 heavy (non-hydrogen) atoms. The van der Waals surface area contributed by atoms with E-state index >= 15 is 0 Å². The molecule has 3 amide bonds. The largest absolute Gasteiger partial charge is 0.426 e. The van der Waals surface area contributed by atoms with Crippen molar-refractivity contribution >= 4 is 51.0 Å². The number of carbonyl (C=O) groups is 4. The molecule has 4 fully saturated rings. The summed E-state index contributed by atoms with van der Waals surface area (Å²) >= 11 is 3.38. The van der Waals surface area contributed by atoms with Crippen molar-refractivity contribution in [3.63, 3.8) is 0 Å². The minimum atomic E-state index is -0.563. The number of fused-ring (bicyclic) bond motifs is 5. The van der Waals surface area contributed by atoms with Crippen molar-refractivity contribution in [1.29, 1.82) is 0 Å². The van der Waals surface area contributed by atoms with Crippen LogP contribution in [0.3, 0.4) is 0 Å². The predicted molar refractivity (Wildman–Crippen MR) is 127 cm³/mol. The molecule has 8 heteroatoms. The number of carbonyl (C=O) groups excluding carboxylic acids is 4. The van der Waals surface area contributed by atoms with E-state index in [1.54, 1.807) is 29.2 Å². The number of amides is 3. The maximum absolute atomic E-state index is 13.0. The van der Waals surface area contributed by atoms with Crippen LogP contribution in [0.4, 0.5) is 11.4 Å². The molecule has 6 rings (SSSR count). The van der Waals surface area contributed by atoms with Gasteiger partial charge in [0.1, 0.15) is 5.75 Å². The Labute approximate surface area is 205 Å². The summed E-state index contributed by atoms with van der Waals surface area (Å²) in [5, 5.41) is 0. The molecule has 2 saturated carbocycles. The predicted octanol–water partition coefficient (Wildman–Crippen LogP) is 3.94. The Morgan fingerprint density at radius 3 is 2.06 bits per heavy atom. The molecule has 2 heterocycles. The Morgan fingerprint density at radius 2 is 1.44 bits per heavy atom. The van der Waals surface area contributed by atoms with Crippen LogP contribution in [0.1, 0.15) is 25.7 Å². The zero-order chi connectivity index (χ0) is 23.6. The number of nitrogens with zero attached hydrogens (tertiary/aromatic N) is 2. The van der Waals surface area contributed by atoms with Crippen molar-refractivity contribution in [3.8, 4) is 5.75 Å². The highest BCUT2D eigenvalue weighted by Crippen LogP contribution is 2.56. The molecule has 2 bridgehead atoms. The van der Waals surface area contributed by atoms with Crippen molar-refractivity contribution < 1.29 is 23.9 Å². The fourth-order valence-electron chi connectivity index (χ4n) is 6.26. The Balaban J connectivity index is 1.12. The second-order valence-electron chi connectivity index (χ2n) is 9.69. The van der Waals surface area contributed by atoms with Crippen LogP contribution >= 0.6 is 15.9 Å². The van der Waals surface area contributed by atoms with E-state index in [0.29, 0.717) is 23.3 Å². The van der Waals surface area contributed by atoms with Crippen LogP contribution in [0, 0.1) is 29.6 Å². The van der Waals surface area contributed by atoms with Gasteiger partial charge < -0.3 is 9.64 Å². The molecule has 2 aliphatic carbocycles. The van der Waals surface area contributed by atoms with E-state index in [2.05, 4.69) is 15.9 Å². The molecule has 2 aromatic rings. The summed E-state index contributed by atoms with van der Waals surface area (Å²) in [5.41, 5.74) is 1.26. The quantitative estimate of drug-likeness (QED) is 0.345. The van der Waals surface area contributed by atoms with Gasteiger partial charge >= 0.3 is 5.97 Å². The third kappa shape index (κ3) is 3.38. The smallest absolute Gasteiger partial charge is 0.316 e. The molecule has 2 aliphatic heterocycles. The van der Waals surface area contributed by atoms with E-state index in [9.17, 15) is 19.2 Å². The van der Waals surface area contributed by atoms with Gasteiger partial charge in [-0.15, -0.1) is 0 Å². The van der Waals surface area contributed by atoms with Gasteiger partial charge in [0.2, 0.25) is 17.7 Å². The van der Waals surface area contributed by atoms with Crippen LogP contribution in [-0.4, -0.2) is 30.2 Å². The van der Waals surface area contributed by atoms with Gasteiger partial charge in [0.15, 0.2) is 0 Å². The zero-order valence-corrected chi connectivity index (χ0v) is 19.9. The van der Waals surface area contributed by atoms with Crippen LogP contribution in [-0.2, 0) is 19.2 Å². The van der Waals surface area contributed by atoms with Gasteiger partial charge in [-0.25, -0.2) is 0 Å². The van der Waals surface area contributed by atoms with Gasteiger partial charge in [0.25, 0.3) is 0 Å². The molecule has 0 spiro atoms. The topological polar surface area (TPSA) is 84.0 Å². The first-order valence-electron chi connectivity index (χ1n) is 11.7. The minimum absolute atomic E-state index is 0.0921. The number of hydrogen-bond donors (Lipinski definition) is 0. The first-order chi connectivity index (χ1) is 16.4. The summed E-state index contributed by atoms with van der Waals surface area (Å²) in [7, 11) is 0. The summed E-state index contributed by atoms with van der Waals surface area (Å²) in [6, 6.07) is 13.8. The Hall–Kier alpha value is -3.00. The first kappa shape index (κ1) is 21.5. The van der Waals surface area contributed by atoms with E-state index in [1.807, 2.05) is 24.3 Å². The zero-order valence-electron chi connectivity index (χ0n) is 18.4. The SMILES string of the molecule is O=C(Oc1ccc(N2C(=O)[C@@H]3[C@H]4CC[C@@H](C4)[C@@H]3C2=O)cc1)[C@H]1CC(=O)N(c2ccc(Br)cc2)C1. The third-order valence-corrected chi connectivity index (χ3v) is 8.37. The molecule has 2 saturated heterocycles. The molecule has 4 aliphatic rings. The number of ether oxygens (including phenoxy) is 1. The highest BCUT2D eigenvalue weighted by Gasteiger charge is 2.61. The van der Waals surface area contributed by atoms with Gasteiger partial charge in [-0.05, 0) is 79.6 Å². The number of anilines is 2. The number of benzene rings is 2. The van der Waals surface area contributed by atoms with Crippen LogP contribution < -0.4 is 14.5 Å². The second-order valence-corrected chi connectivity index (χ2v) is 10.6. The Morgan fingerprint density at radius 1 is 0.853 bits per heavy atom. The molecule has 0 N–H and O–H groups in total. The molecular weight excluding hydrogens is 500 g/mol. The summed E-state index contributed by atoms with van der Waals surface area (Å²) in [5.74, 6) is -0.686. The van der Waals surface area contributed by atoms with Crippen LogP contribution in [0.5, 0.6) is 5.75 Å². The van der Waals surface area contributed by atoms with Crippen molar-refractivity contribution in [2.24, 2.45) is 29.6 Å². The molecule has 0 radical (unpaired) electrons. The van der Waals surface area contributed by atoms with E-state index in [0.717, 1.165) is 29.4 Å². The number of esters is 1. The summed E-state index contributed by atoms with van der Waals surface area (Å²) < 4.78 is 6.44. The van der Waals surface area contributed by atoms with Crippen molar-refractivity contribution in [2.45, 2.75) is 25.7 Å². The van der Waals surface area contributed by atoms with Crippen molar-refractivity contribution in [2.75, 3.05) is 16.3 Å². The van der Waals surface area contributed by atoms with Crippen molar-refractivity contribution in [1.82, 2.24) is 0 Å². The fourth-order valence-corrected chi connectivity index (χ4v) is 6.53. The fraction of sp³-hybridized carbons (Fsp3) is 0.385. The van der Waals surface area contributed by atoms with Crippen LogP contribution in [0.15, 0.2) is 53.0 Å². The maximum Gasteiger partial charge on any atom is 0.316 e. The number of rotatable bonds is 4. The second kappa shape index (κ2) is 8.05. The lowest BCUT2D eigenvalue weighted by Gasteiger charge is -2.19. The standard InChI is InChI=1S/C26H23BrN2O5/c27-17-3-5-18(6-4-17)28-13-16(12-21(28)30)26(33)34-20-9-7-19(8-10-20)29-24(31)22-14-1-2-15(11-14)23(22)25(29)32/h3-10,14-16,22-23H,1-2,11-13H2/t14-,15-,16-,22-,23+/m0/s1. The van der Waals surface area contributed by atoms with E-state index in [4.69, 9.17) is 4.74 Å². The van der Waals surface area contributed by atoms with Gasteiger partial charge in [0, 0.05) is 23.1 Å². The lowest BCUT2D eigenvalue weighted by atomic mass is 9.81. The molecule has 5 atom stereocenters. The molecular formula is C26H23BrN2O5. The Kier molecular flexibility index (Phi) is 5.09. The van der Waals surface area contributed by atoms with E-state index in [1.165, 1.54) is 4.90 Å². The lowest BCUT2D eigenvalue weighted by Crippen LogP contribution is -2.32. The van der Waals surface area contributed by atoms with E-state index in [-0.39, 0.29) is 42.5 Å². The molecule has 0 unspecified atom stereocenters. The normalized spacial score (nSPS) is 29.8. The average Bonchev–Trinajstić information content (AvgIpc) is 3.59. The first-order valence-corrected chi connectivity index (χ1v) is 12.5. The average molecular weight is 523 g/mol. The van der Waals surface area contributed by atoms with Gasteiger partial charge in [-0.3, -0.25) is 24.1 Å². The lowest BCUT2D eigenvalue weighted by molar-refractivity contribution is -0.139. The summed E-state index contributed by atoms with van der Waals surface area (Å²) in [4.78, 5) is 54.1. The highest BCUT2D eigenvalue weighted by molar-refractivity contribution is 9.10. The molecule has 2 aromatic carbocycles. The van der Waals surface area contributed by atoms with Crippen LogP contribution in [0.25, 0.3) is 0 Å². The van der Waals surface area contributed by atoms with Crippen LogP contribution in [0.2, 0.25) is 0 Å². The molecule has 174 valence electrons. The van der Waals surface area contributed by atoms with Gasteiger partial charge in [-0.1, -0.05) is 15.9 Å². The molecule has 0 aromatic heterocycles. The molecule has 7 nitrogen and oxygen atoms in total. The highest BCUT2D eigenvalue weighted by atomic mass is 79.9. The number of hydrogen-bond acceptors (Lipinski definition) is 5. The number of halogens is 1. The Bertz CT molecular complexity index is 1170. The van der Waals surface area contributed by atoms with Gasteiger partial charge in [0.05, 0.1) is 23.4 Å². The third-order valence-electron chi connectivity index (χ3n) is 7.84. The minimum Gasteiger partial charge on any atom is -0.426 e. The summed E-state index contributed by atoms with van der Waals surface area (Å²) in [6.45, 7) is 0.263. The van der Waals surface area contributed by atoms with E-state index < -0.39 is 11.9 Å². The van der Waals surface area contributed by atoms with Crippen molar-refractivity contribution in [3.05, 3.63) is 53.0 Å². The maximum atomic E-state index is 13.0.